The molecule has 1 saturated heterocycles. The number of amides is 1. The first-order valence-electron chi connectivity index (χ1n) is 5.89. The predicted octanol–water partition coefficient (Wildman–Crippen LogP) is 0.887. The Bertz CT molecular complexity index is 418. The van der Waals surface area contributed by atoms with Gasteiger partial charge in [-0.05, 0) is 18.6 Å². The third-order valence-electron chi connectivity index (χ3n) is 2.62. The molecule has 1 fully saturated rings. The Hall–Kier alpha value is -2.04. The number of para-hydroxylation sites is 1. The third-order valence-corrected chi connectivity index (χ3v) is 2.62. The number of hydrogen-bond donors (Lipinski definition) is 1. The highest BCUT2D eigenvalue weighted by atomic mass is 16.6. The molecular weight excluding hydrogens is 234 g/mol. The number of esters is 1. The van der Waals surface area contributed by atoms with Crippen molar-refractivity contribution in [2.45, 2.75) is 18.9 Å². The molecule has 0 radical (unpaired) electrons. The highest BCUT2D eigenvalue weighted by Gasteiger charge is 2.28. The lowest BCUT2D eigenvalue weighted by Gasteiger charge is -2.10. The smallest absolute Gasteiger partial charge is 0.328 e. The van der Waals surface area contributed by atoms with E-state index in [1.54, 1.807) is 0 Å². The molecule has 1 amide bonds. The predicted molar refractivity (Wildman–Crippen MR) is 64.1 cm³/mol. The second-order valence-electron chi connectivity index (χ2n) is 3.99. The van der Waals surface area contributed by atoms with Crippen molar-refractivity contribution in [2.75, 3.05) is 13.2 Å². The number of rotatable bonds is 5. The Morgan fingerprint density at radius 1 is 1.28 bits per heavy atom. The molecule has 0 spiro atoms. The molecular formula is C13H15NO4. The number of hydrogen-bond acceptors (Lipinski definition) is 4. The lowest BCUT2D eigenvalue weighted by Crippen LogP contribution is -2.35. The minimum atomic E-state index is -0.491. The Balaban J connectivity index is 1.63. The maximum atomic E-state index is 11.5. The second kappa shape index (κ2) is 6.05. The first-order valence-corrected chi connectivity index (χ1v) is 5.89. The number of carbonyl (C=O) groups is 2. The molecule has 5 nitrogen and oxygen atoms in total. The van der Waals surface area contributed by atoms with Gasteiger partial charge >= 0.3 is 5.97 Å². The van der Waals surface area contributed by atoms with Gasteiger partial charge in [0.1, 0.15) is 25.0 Å². The molecule has 1 heterocycles. The van der Waals surface area contributed by atoms with Crippen molar-refractivity contribution in [2.24, 2.45) is 0 Å². The molecule has 1 aromatic carbocycles. The zero-order valence-electron chi connectivity index (χ0n) is 9.93. The van der Waals surface area contributed by atoms with E-state index in [4.69, 9.17) is 9.47 Å². The fourth-order valence-corrected chi connectivity index (χ4v) is 1.71. The molecule has 0 aromatic heterocycles. The molecule has 0 aliphatic carbocycles. The van der Waals surface area contributed by atoms with E-state index in [0.717, 1.165) is 5.75 Å². The quantitative estimate of drug-likeness (QED) is 0.621. The molecule has 2 rings (SSSR count). The van der Waals surface area contributed by atoms with Gasteiger partial charge in [0, 0.05) is 6.42 Å². The standard InChI is InChI=1S/C13H15NO4/c15-12-7-6-11(14-12)13(16)18-9-8-17-10-4-2-1-3-5-10/h1-5,11H,6-9H2,(H,14,15)/t11-/m0/s1. The maximum Gasteiger partial charge on any atom is 0.328 e. The Morgan fingerprint density at radius 3 is 2.72 bits per heavy atom. The molecule has 1 aliphatic rings. The van der Waals surface area contributed by atoms with Crippen molar-refractivity contribution in [3.8, 4) is 5.75 Å². The van der Waals surface area contributed by atoms with Crippen LogP contribution in [-0.2, 0) is 14.3 Å². The Labute approximate surface area is 105 Å². The normalized spacial score (nSPS) is 18.2. The van der Waals surface area contributed by atoms with Crippen molar-refractivity contribution in [1.29, 1.82) is 0 Å². The number of nitrogens with one attached hydrogen (secondary N) is 1. The van der Waals surface area contributed by atoms with E-state index in [-0.39, 0.29) is 12.5 Å². The lowest BCUT2D eigenvalue weighted by atomic mass is 10.2. The van der Waals surface area contributed by atoms with Crippen LogP contribution < -0.4 is 10.1 Å². The van der Waals surface area contributed by atoms with Crippen LogP contribution in [0.1, 0.15) is 12.8 Å². The summed E-state index contributed by atoms with van der Waals surface area (Å²) in [5, 5.41) is 2.56. The molecule has 1 aromatic rings. The number of carbonyl (C=O) groups excluding carboxylic acids is 2. The van der Waals surface area contributed by atoms with Crippen LogP contribution in [0.4, 0.5) is 0 Å². The SMILES string of the molecule is O=C1CC[C@@H](C(=O)OCCOc2ccccc2)N1. The lowest BCUT2D eigenvalue weighted by molar-refractivity contribution is -0.147. The molecule has 96 valence electrons. The van der Waals surface area contributed by atoms with Gasteiger partial charge in [0.15, 0.2) is 0 Å². The van der Waals surface area contributed by atoms with Crippen molar-refractivity contribution < 1.29 is 19.1 Å². The van der Waals surface area contributed by atoms with Crippen LogP contribution in [0.25, 0.3) is 0 Å². The topological polar surface area (TPSA) is 64.6 Å². The summed E-state index contributed by atoms with van der Waals surface area (Å²) in [7, 11) is 0. The summed E-state index contributed by atoms with van der Waals surface area (Å²) >= 11 is 0. The van der Waals surface area contributed by atoms with E-state index in [2.05, 4.69) is 5.32 Å². The first-order chi connectivity index (χ1) is 8.75. The summed E-state index contributed by atoms with van der Waals surface area (Å²) in [4.78, 5) is 22.4. The summed E-state index contributed by atoms with van der Waals surface area (Å²) in [5.74, 6) is 0.248. The number of benzene rings is 1. The van der Waals surface area contributed by atoms with Crippen molar-refractivity contribution in [3.05, 3.63) is 30.3 Å². The molecule has 1 aliphatic heterocycles. The summed E-state index contributed by atoms with van der Waals surface area (Å²) in [5.41, 5.74) is 0. The first kappa shape index (κ1) is 12.4. The fourth-order valence-electron chi connectivity index (χ4n) is 1.71. The van der Waals surface area contributed by atoms with Crippen molar-refractivity contribution in [1.82, 2.24) is 5.32 Å². The average Bonchev–Trinajstić information content (AvgIpc) is 2.82. The minimum absolute atomic E-state index is 0.0996. The van der Waals surface area contributed by atoms with E-state index in [1.165, 1.54) is 0 Å². The van der Waals surface area contributed by atoms with E-state index in [0.29, 0.717) is 19.4 Å². The zero-order chi connectivity index (χ0) is 12.8. The van der Waals surface area contributed by atoms with Crippen LogP contribution in [0, 0.1) is 0 Å². The molecule has 18 heavy (non-hydrogen) atoms. The van der Waals surface area contributed by atoms with Gasteiger partial charge in [-0.25, -0.2) is 4.79 Å². The van der Waals surface area contributed by atoms with Gasteiger partial charge in [-0.1, -0.05) is 18.2 Å². The van der Waals surface area contributed by atoms with Crippen LogP contribution in [0.15, 0.2) is 30.3 Å². The van der Waals surface area contributed by atoms with Crippen LogP contribution >= 0.6 is 0 Å². The summed E-state index contributed by atoms with van der Waals surface area (Å²) < 4.78 is 10.4. The summed E-state index contributed by atoms with van der Waals surface area (Å²) in [6.07, 6.45) is 0.900. The third kappa shape index (κ3) is 3.48. The Morgan fingerprint density at radius 2 is 2.06 bits per heavy atom. The maximum absolute atomic E-state index is 11.5. The van der Waals surface area contributed by atoms with Crippen molar-refractivity contribution >= 4 is 11.9 Å². The molecule has 1 atom stereocenters. The van der Waals surface area contributed by atoms with Crippen molar-refractivity contribution in [3.63, 3.8) is 0 Å². The van der Waals surface area contributed by atoms with E-state index >= 15 is 0 Å². The molecule has 0 bridgehead atoms. The monoisotopic (exact) mass is 249 g/mol. The van der Waals surface area contributed by atoms with E-state index in [1.807, 2.05) is 30.3 Å². The van der Waals surface area contributed by atoms with Crippen LogP contribution in [0.3, 0.4) is 0 Å². The average molecular weight is 249 g/mol. The van der Waals surface area contributed by atoms with Gasteiger partial charge in [0.05, 0.1) is 0 Å². The highest BCUT2D eigenvalue weighted by molar-refractivity contribution is 5.87. The van der Waals surface area contributed by atoms with Gasteiger partial charge in [0.2, 0.25) is 5.91 Å². The van der Waals surface area contributed by atoms with Gasteiger partial charge in [-0.2, -0.15) is 0 Å². The molecule has 5 heteroatoms. The fraction of sp³-hybridized carbons (Fsp3) is 0.385. The van der Waals surface area contributed by atoms with Crippen LogP contribution in [0.5, 0.6) is 5.75 Å². The summed E-state index contributed by atoms with van der Waals surface area (Å²) in [6.45, 7) is 0.483. The van der Waals surface area contributed by atoms with Gasteiger partial charge < -0.3 is 14.8 Å². The molecule has 1 N–H and O–H groups in total. The minimum Gasteiger partial charge on any atom is -0.490 e. The largest absolute Gasteiger partial charge is 0.490 e. The van der Waals surface area contributed by atoms with Crippen LogP contribution in [0.2, 0.25) is 0 Å². The number of ether oxygens (including phenoxy) is 2. The zero-order valence-corrected chi connectivity index (χ0v) is 9.93. The van der Waals surface area contributed by atoms with E-state index < -0.39 is 12.0 Å². The second-order valence-corrected chi connectivity index (χ2v) is 3.99. The van der Waals surface area contributed by atoms with Gasteiger partial charge in [-0.3, -0.25) is 4.79 Å². The summed E-state index contributed by atoms with van der Waals surface area (Å²) in [6, 6.07) is 8.81. The highest BCUT2D eigenvalue weighted by Crippen LogP contribution is 2.09. The molecule has 0 unspecified atom stereocenters. The van der Waals surface area contributed by atoms with Gasteiger partial charge in [-0.15, -0.1) is 0 Å². The van der Waals surface area contributed by atoms with Gasteiger partial charge in [0.25, 0.3) is 0 Å². The Kier molecular flexibility index (Phi) is 4.17. The van der Waals surface area contributed by atoms with Crippen LogP contribution in [-0.4, -0.2) is 31.1 Å². The van der Waals surface area contributed by atoms with E-state index in [9.17, 15) is 9.59 Å². The molecule has 0 saturated carbocycles.